The summed E-state index contributed by atoms with van der Waals surface area (Å²) < 4.78 is 40.6. The van der Waals surface area contributed by atoms with Gasteiger partial charge < -0.3 is 20.2 Å². The van der Waals surface area contributed by atoms with Gasteiger partial charge in [0.05, 0.1) is 11.4 Å². The highest BCUT2D eigenvalue weighted by atomic mass is 32.1. The van der Waals surface area contributed by atoms with Gasteiger partial charge in [0.25, 0.3) is 18.2 Å². The minimum atomic E-state index is -2.87. The third kappa shape index (κ3) is 5.63. The Kier molecular flexibility index (Phi) is 7.85. The van der Waals surface area contributed by atoms with E-state index in [-0.39, 0.29) is 38.9 Å². The van der Waals surface area contributed by atoms with Crippen molar-refractivity contribution in [3.8, 4) is 16.9 Å². The topological polar surface area (TPSA) is 142 Å². The molecular formula is C29H25F2N5O5S. The van der Waals surface area contributed by atoms with E-state index >= 15 is 0 Å². The third-order valence-corrected chi connectivity index (χ3v) is 7.55. The summed E-state index contributed by atoms with van der Waals surface area (Å²) in [6.07, 6.45) is -1.17. The van der Waals surface area contributed by atoms with E-state index in [1.54, 1.807) is 48.1 Å². The summed E-state index contributed by atoms with van der Waals surface area (Å²) in [4.78, 5) is 41.3. The number of anilines is 1. The first-order chi connectivity index (χ1) is 20.0. The maximum absolute atomic E-state index is 13.8. The molecule has 10 nitrogen and oxygen atoms in total. The Balaban J connectivity index is 1.47. The normalized spacial score (nSPS) is 11.3. The number of carbonyl (C=O) groups is 3. The van der Waals surface area contributed by atoms with Crippen molar-refractivity contribution in [2.45, 2.75) is 40.3 Å². The molecule has 0 aliphatic heterocycles. The second-order valence-electron chi connectivity index (χ2n) is 9.32. The smallest absolute Gasteiger partial charge is 0.291 e. The summed E-state index contributed by atoms with van der Waals surface area (Å²) in [6, 6.07) is 10.8. The monoisotopic (exact) mass is 593 g/mol. The number of furan rings is 1. The van der Waals surface area contributed by atoms with Crippen LogP contribution in [0.2, 0.25) is 0 Å². The van der Waals surface area contributed by atoms with Crippen LogP contribution in [0.4, 0.5) is 14.5 Å². The van der Waals surface area contributed by atoms with E-state index in [0.717, 1.165) is 11.3 Å². The molecule has 0 atom stereocenters. The first-order valence-electron chi connectivity index (χ1n) is 12.8. The molecule has 1 aromatic carbocycles. The van der Waals surface area contributed by atoms with Gasteiger partial charge in [0.2, 0.25) is 0 Å². The zero-order chi connectivity index (χ0) is 30.1. The fraction of sp³-hybridized carbons (Fsp3) is 0.207. The van der Waals surface area contributed by atoms with Crippen LogP contribution in [0.1, 0.15) is 68.0 Å². The molecule has 0 aliphatic carbocycles. The molecule has 0 saturated carbocycles. The number of aromatic nitrogens is 3. The molecule has 0 spiro atoms. The molecule has 0 saturated heterocycles. The van der Waals surface area contributed by atoms with E-state index in [1.165, 1.54) is 19.1 Å². The maximum Gasteiger partial charge on any atom is 0.291 e. The number of halogens is 2. The number of pyridine rings is 1. The average molecular weight is 594 g/mol. The second kappa shape index (κ2) is 11.5. The summed E-state index contributed by atoms with van der Waals surface area (Å²) in [5.41, 5.74) is 7.18. The van der Waals surface area contributed by atoms with Crippen molar-refractivity contribution in [2.24, 2.45) is 5.73 Å². The van der Waals surface area contributed by atoms with Crippen LogP contribution in [0.15, 0.2) is 53.1 Å². The van der Waals surface area contributed by atoms with Crippen molar-refractivity contribution in [3.05, 3.63) is 82.0 Å². The van der Waals surface area contributed by atoms with Gasteiger partial charge in [0, 0.05) is 29.3 Å². The van der Waals surface area contributed by atoms with Crippen molar-refractivity contribution in [1.29, 1.82) is 0 Å². The molecule has 216 valence electrons. The van der Waals surface area contributed by atoms with E-state index in [9.17, 15) is 23.2 Å². The van der Waals surface area contributed by atoms with Crippen LogP contribution in [0.25, 0.3) is 21.3 Å². The number of nitrogens with zero attached hydrogens (tertiary/aromatic N) is 3. The zero-order valence-corrected chi connectivity index (χ0v) is 23.6. The zero-order valence-electron chi connectivity index (χ0n) is 22.7. The minimum absolute atomic E-state index is 0.00574. The van der Waals surface area contributed by atoms with Gasteiger partial charge in [-0.1, -0.05) is 0 Å². The Morgan fingerprint density at radius 3 is 2.50 bits per heavy atom. The number of hydrogen-bond acceptors (Lipinski definition) is 8. The second-order valence-corrected chi connectivity index (χ2v) is 10.3. The van der Waals surface area contributed by atoms with Crippen LogP contribution < -0.4 is 15.8 Å². The lowest BCUT2D eigenvalue weighted by molar-refractivity contribution is 0.0990. The van der Waals surface area contributed by atoms with Crippen LogP contribution in [0.3, 0.4) is 0 Å². The first-order valence-corrected chi connectivity index (χ1v) is 13.6. The number of amides is 2. The van der Waals surface area contributed by atoms with Crippen LogP contribution in [-0.2, 0) is 13.2 Å². The number of nitrogens with one attached hydrogen (secondary N) is 1. The molecule has 13 heteroatoms. The maximum atomic E-state index is 13.8. The van der Waals surface area contributed by atoms with E-state index in [0.29, 0.717) is 40.4 Å². The van der Waals surface area contributed by atoms with Crippen molar-refractivity contribution in [2.75, 3.05) is 5.32 Å². The van der Waals surface area contributed by atoms with Gasteiger partial charge in [-0.25, -0.2) is 13.8 Å². The number of primary amides is 1. The average Bonchev–Trinajstić information content (AvgIpc) is 3.68. The number of ether oxygens (including phenoxy) is 1. The Labute approximate surface area is 242 Å². The van der Waals surface area contributed by atoms with Gasteiger partial charge in [-0.15, -0.1) is 11.3 Å². The van der Waals surface area contributed by atoms with Gasteiger partial charge in [-0.05, 0) is 68.8 Å². The number of fused-ring (bicyclic) bond motifs is 1. The number of rotatable bonds is 10. The minimum Gasteiger partial charge on any atom is -0.486 e. The lowest BCUT2D eigenvalue weighted by Crippen LogP contribution is -2.16. The molecular weight excluding hydrogens is 568 g/mol. The highest BCUT2D eigenvalue weighted by Gasteiger charge is 2.27. The molecule has 0 bridgehead atoms. The number of nitrogens with two attached hydrogens (primary N) is 1. The summed E-state index contributed by atoms with van der Waals surface area (Å²) in [6.45, 7) is 5.64. The summed E-state index contributed by atoms with van der Waals surface area (Å²) in [5.74, 6) is -0.855. The van der Waals surface area contributed by atoms with E-state index < -0.39 is 23.9 Å². The first kappa shape index (κ1) is 28.6. The Morgan fingerprint density at radius 1 is 1.14 bits per heavy atom. The van der Waals surface area contributed by atoms with Gasteiger partial charge in [-0.3, -0.25) is 19.1 Å². The highest BCUT2D eigenvalue weighted by Crippen LogP contribution is 2.43. The number of aryl methyl sites for hydroxylation is 2. The molecule has 0 fully saturated rings. The van der Waals surface area contributed by atoms with Crippen molar-refractivity contribution >= 4 is 44.8 Å². The largest absolute Gasteiger partial charge is 0.486 e. The molecule has 2 amide bonds. The van der Waals surface area contributed by atoms with Crippen LogP contribution >= 0.6 is 11.3 Å². The Morgan fingerprint density at radius 2 is 1.88 bits per heavy atom. The van der Waals surface area contributed by atoms with Crippen LogP contribution in [0, 0.1) is 6.92 Å². The van der Waals surface area contributed by atoms with Crippen molar-refractivity contribution in [1.82, 2.24) is 14.8 Å². The predicted octanol–water partition coefficient (Wildman–Crippen LogP) is 6.15. The molecule has 3 N–H and O–H groups in total. The quantitative estimate of drug-likeness (QED) is 0.185. The lowest BCUT2D eigenvalue weighted by Gasteiger charge is -2.10. The number of hydrogen-bond donors (Lipinski definition) is 2. The van der Waals surface area contributed by atoms with E-state index in [1.807, 2.05) is 6.92 Å². The number of thiophene rings is 1. The number of Topliss-reactive ketones (excluding diaryl/α,β-unsaturated/α-hetero) is 1. The molecule has 5 aromatic rings. The van der Waals surface area contributed by atoms with Gasteiger partial charge >= 0.3 is 0 Å². The van der Waals surface area contributed by atoms with E-state index in [4.69, 9.17) is 14.9 Å². The molecule has 0 aliphatic rings. The highest BCUT2D eigenvalue weighted by molar-refractivity contribution is 7.21. The molecule has 42 heavy (non-hydrogen) atoms. The molecule has 4 heterocycles. The van der Waals surface area contributed by atoms with Gasteiger partial charge in [-0.2, -0.15) is 5.10 Å². The van der Waals surface area contributed by atoms with Crippen molar-refractivity contribution in [3.63, 3.8) is 0 Å². The number of alkyl halides is 2. The fourth-order valence-electron chi connectivity index (χ4n) is 4.37. The lowest BCUT2D eigenvalue weighted by atomic mass is 10.0. The van der Waals surface area contributed by atoms with E-state index in [2.05, 4.69) is 15.4 Å². The summed E-state index contributed by atoms with van der Waals surface area (Å²) in [5, 5.41) is 7.38. The molecule has 0 unspecified atom stereocenters. The molecule has 0 radical (unpaired) electrons. The molecule has 5 rings (SSSR count). The van der Waals surface area contributed by atoms with Gasteiger partial charge in [0.1, 0.15) is 33.5 Å². The van der Waals surface area contributed by atoms with Gasteiger partial charge in [0.15, 0.2) is 11.5 Å². The number of carbonyl (C=O) groups excluding carboxylic acids is 3. The Bertz CT molecular complexity index is 1820. The standard InChI is InChI=1S/C29H25F2N5O5S/c1-4-36-12-20(14(2)35-36)19-11-21(26(30)31)33-29-23(19)24(25(42-29)27(32)38)34-28(39)22-10-9-18(41-22)13-40-17-7-5-16(6-8-17)15(3)37/h5-12,26H,4,13H2,1-3H3,(H2,32,38)(H,34,39). The SMILES string of the molecule is CCn1cc(-c2cc(C(F)F)nc3sc(C(N)=O)c(NC(=O)c4ccc(COc5ccc(C(C)=O)cc5)o4)c23)c(C)n1. The number of ketones is 1. The summed E-state index contributed by atoms with van der Waals surface area (Å²) in [7, 11) is 0. The van der Waals surface area contributed by atoms with Crippen LogP contribution in [0.5, 0.6) is 5.75 Å². The number of benzene rings is 1. The summed E-state index contributed by atoms with van der Waals surface area (Å²) >= 11 is 0.809. The fourth-order valence-corrected chi connectivity index (χ4v) is 5.39. The predicted molar refractivity (Wildman–Crippen MR) is 152 cm³/mol. The molecule has 4 aromatic heterocycles. The third-order valence-electron chi connectivity index (χ3n) is 6.46. The van der Waals surface area contributed by atoms with Crippen molar-refractivity contribution < 1.29 is 32.3 Å². The van der Waals surface area contributed by atoms with Crippen LogP contribution in [-0.4, -0.2) is 32.4 Å². The Hall–Kier alpha value is -4.91.